The van der Waals surface area contributed by atoms with Crippen molar-refractivity contribution < 1.29 is 13.2 Å². The number of hydrogen-bond acceptors (Lipinski definition) is 5. The number of aromatic amines is 1. The van der Waals surface area contributed by atoms with E-state index >= 15 is 0 Å². The van der Waals surface area contributed by atoms with Crippen LogP contribution in [-0.2, 0) is 22.7 Å². The average molecular weight is 371 g/mol. The Morgan fingerprint density at radius 1 is 1.23 bits per heavy atom. The molecule has 0 unspecified atom stereocenters. The minimum Gasteiger partial charge on any atom is -0.354 e. The molecule has 0 aliphatic heterocycles. The number of nitrogens with one attached hydrogen (secondary N) is 2. The van der Waals surface area contributed by atoms with Crippen molar-refractivity contribution in [1.29, 1.82) is 0 Å². The molecule has 1 aliphatic carbocycles. The van der Waals surface area contributed by atoms with E-state index in [9.17, 15) is 13.2 Å². The van der Waals surface area contributed by atoms with Crippen molar-refractivity contribution in [3.8, 4) is 16.9 Å². The highest BCUT2D eigenvalue weighted by molar-refractivity contribution is 7.90. The second-order valence-electron chi connectivity index (χ2n) is 6.19. The van der Waals surface area contributed by atoms with E-state index in [2.05, 4.69) is 20.6 Å². The number of fused-ring (bicyclic) bond motifs is 3. The van der Waals surface area contributed by atoms with Crippen molar-refractivity contribution in [2.45, 2.75) is 17.7 Å². The Labute approximate surface area is 150 Å². The molecule has 2 N–H and O–H groups in total. The van der Waals surface area contributed by atoms with Gasteiger partial charge in [-0.25, -0.2) is 13.1 Å². The average Bonchev–Trinajstić information content (AvgIpc) is 3.24. The third kappa shape index (κ3) is 2.51. The van der Waals surface area contributed by atoms with Crippen LogP contribution in [0.1, 0.15) is 21.7 Å². The molecule has 0 saturated heterocycles. The fraction of sp³-hybridized carbons (Fsp3) is 0.235. The number of aryl methyl sites for hydroxylation is 1. The molecule has 1 aromatic carbocycles. The van der Waals surface area contributed by atoms with Gasteiger partial charge in [0, 0.05) is 30.1 Å². The van der Waals surface area contributed by atoms with E-state index in [1.54, 1.807) is 30.1 Å². The van der Waals surface area contributed by atoms with Gasteiger partial charge < -0.3 is 5.32 Å². The number of carbonyl (C=O) groups is 1. The highest BCUT2D eigenvalue weighted by Gasteiger charge is 2.29. The first kappa shape index (κ1) is 16.5. The summed E-state index contributed by atoms with van der Waals surface area (Å²) in [5.74, 6) is -0.250. The van der Waals surface area contributed by atoms with Gasteiger partial charge in [0.15, 0.2) is 15.5 Å². The van der Waals surface area contributed by atoms with Crippen molar-refractivity contribution in [3.05, 3.63) is 47.4 Å². The van der Waals surface area contributed by atoms with E-state index in [1.807, 2.05) is 0 Å². The van der Waals surface area contributed by atoms with Crippen molar-refractivity contribution in [2.24, 2.45) is 0 Å². The van der Waals surface area contributed by atoms with Crippen molar-refractivity contribution in [2.75, 3.05) is 13.3 Å². The molecule has 2 aromatic heterocycles. The number of amides is 1. The summed E-state index contributed by atoms with van der Waals surface area (Å²) in [5.41, 5.74) is 4.63. The molecule has 2 heterocycles. The van der Waals surface area contributed by atoms with Crippen LogP contribution in [0.3, 0.4) is 0 Å². The quantitative estimate of drug-likeness (QED) is 0.717. The van der Waals surface area contributed by atoms with Gasteiger partial charge in [0.25, 0.3) is 5.91 Å². The number of benzene rings is 1. The fourth-order valence-corrected chi connectivity index (χ4v) is 3.87. The van der Waals surface area contributed by atoms with Gasteiger partial charge in [-0.05, 0) is 37.1 Å². The van der Waals surface area contributed by atoms with E-state index in [4.69, 9.17) is 0 Å². The molecule has 1 amide bonds. The summed E-state index contributed by atoms with van der Waals surface area (Å²) in [6.07, 6.45) is 4.32. The number of rotatable bonds is 3. The van der Waals surface area contributed by atoms with Crippen molar-refractivity contribution >= 4 is 15.7 Å². The summed E-state index contributed by atoms with van der Waals surface area (Å²) in [5, 5.41) is 14.2. The zero-order valence-electron chi connectivity index (χ0n) is 14.3. The first-order valence-electron chi connectivity index (χ1n) is 8.07. The number of nitrogens with zero attached hydrogens (tertiary/aromatic N) is 3. The van der Waals surface area contributed by atoms with Crippen LogP contribution in [0.2, 0.25) is 0 Å². The number of sulfone groups is 1. The Hall–Kier alpha value is -2.94. The van der Waals surface area contributed by atoms with Crippen LogP contribution in [0.25, 0.3) is 16.9 Å². The Bertz CT molecular complexity index is 1110. The molecule has 1 aliphatic rings. The lowest BCUT2D eigenvalue weighted by Gasteiger charge is -2.14. The van der Waals surface area contributed by atoms with Gasteiger partial charge in [0.05, 0.1) is 22.5 Å². The van der Waals surface area contributed by atoms with Gasteiger partial charge in [-0.2, -0.15) is 10.2 Å². The molecule has 0 saturated carbocycles. The molecule has 0 spiro atoms. The first-order valence-corrected chi connectivity index (χ1v) is 9.96. The Kier molecular flexibility index (Phi) is 3.69. The van der Waals surface area contributed by atoms with Gasteiger partial charge in [0.2, 0.25) is 0 Å². The molecule has 0 fully saturated rings. The summed E-state index contributed by atoms with van der Waals surface area (Å²) in [6.45, 7) is 0. The van der Waals surface area contributed by atoms with Crippen molar-refractivity contribution in [1.82, 2.24) is 25.3 Å². The van der Waals surface area contributed by atoms with E-state index in [0.717, 1.165) is 28.9 Å². The van der Waals surface area contributed by atoms with Crippen LogP contribution < -0.4 is 5.32 Å². The standard InChI is InChI=1S/C17H17N5O3S/c1-18-17(23)15-12-7-8-14-13(9-19-20-14)16(12)22(21-15)10-3-5-11(6-4-10)26(2,24)25/h3-6,9H,7-8H2,1-2H3,(H,18,23)(H,19,20). The lowest BCUT2D eigenvalue weighted by Crippen LogP contribution is -2.20. The van der Waals surface area contributed by atoms with Crippen LogP contribution in [-0.4, -0.2) is 47.6 Å². The van der Waals surface area contributed by atoms with Gasteiger partial charge in [-0.15, -0.1) is 0 Å². The monoisotopic (exact) mass is 371 g/mol. The van der Waals surface area contributed by atoms with Crippen LogP contribution in [0.15, 0.2) is 35.4 Å². The SMILES string of the molecule is CNC(=O)c1nn(-c2ccc(S(C)(=O)=O)cc2)c2c1CCc1[nH]ncc1-2. The zero-order valence-corrected chi connectivity index (χ0v) is 15.1. The van der Waals surface area contributed by atoms with Crippen molar-refractivity contribution in [3.63, 3.8) is 0 Å². The number of aromatic nitrogens is 4. The second kappa shape index (κ2) is 5.80. The number of H-pyrrole nitrogens is 1. The summed E-state index contributed by atoms with van der Waals surface area (Å²) >= 11 is 0. The molecule has 0 atom stereocenters. The molecule has 0 radical (unpaired) electrons. The largest absolute Gasteiger partial charge is 0.354 e. The third-order valence-corrected chi connectivity index (χ3v) is 5.66. The molecule has 3 aromatic rings. The maximum Gasteiger partial charge on any atom is 0.271 e. The second-order valence-corrected chi connectivity index (χ2v) is 8.21. The molecule has 4 rings (SSSR count). The molecular formula is C17H17N5O3S. The lowest BCUT2D eigenvalue weighted by molar-refractivity contribution is 0.0957. The number of hydrogen-bond donors (Lipinski definition) is 2. The predicted octanol–water partition coefficient (Wildman–Crippen LogP) is 1.12. The van der Waals surface area contributed by atoms with E-state index in [0.29, 0.717) is 17.8 Å². The first-order chi connectivity index (χ1) is 12.4. The highest BCUT2D eigenvalue weighted by atomic mass is 32.2. The summed E-state index contributed by atoms with van der Waals surface area (Å²) < 4.78 is 25.1. The summed E-state index contributed by atoms with van der Waals surface area (Å²) in [7, 11) is -1.71. The molecule has 134 valence electrons. The normalized spacial score (nSPS) is 13.2. The van der Waals surface area contributed by atoms with Crippen LogP contribution in [0, 0.1) is 0 Å². The van der Waals surface area contributed by atoms with Crippen LogP contribution >= 0.6 is 0 Å². The maximum absolute atomic E-state index is 12.3. The van der Waals surface area contributed by atoms with Gasteiger partial charge in [-0.3, -0.25) is 9.89 Å². The predicted molar refractivity (Wildman–Crippen MR) is 95.1 cm³/mol. The smallest absolute Gasteiger partial charge is 0.271 e. The van der Waals surface area contributed by atoms with Gasteiger partial charge in [0.1, 0.15) is 0 Å². The lowest BCUT2D eigenvalue weighted by atomic mass is 9.93. The summed E-state index contributed by atoms with van der Waals surface area (Å²) in [6, 6.07) is 6.45. The van der Waals surface area contributed by atoms with E-state index < -0.39 is 9.84 Å². The van der Waals surface area contributed by atoms with E-state index in [1.165, 1.54) is 18.4 Å². The maximum atomic E-state index is 12.3. The molecule has 9 heteroatoms. The minimum atomic E-state index is -3.28. The molecule has 0 bridgehead atoms. The van der Waals surface area contributed by atoms with Crippen LogP contribution in [0.5, 0.6) is 0 Å². The van der Waals surface area contributed by atoms with Crippen LogP contribution in [0.4, 0.5) is 0 Å². The Balaban J connectivity index is 1.92. The molecule has 26 heavy (non-hydrogen) atoms. The Morgan fingerprint density at radius 3 is 2.62 bits per heavy atom. The third-order valence-electron chi connectivity index (χ3n) is 4.53. The molecule has 8 nitrogen and oxygen atoms in total. The Morgan fingerprint density at radius 2 is 1.96 bits per heavy atom. The van der Waals surface area contributed by atoms with Gasteiger partial charge in [-0.1, -0.05) is 0 Å². The highest BCUT2D eigenvalue weighted by Crippen LogP contribution is 2.36. The fourth-order valence-electron chi connectivity index (χ4n) is 3.24. The topological polar surface area (TPSA) is 110 Å². The zero-order chi connectivity index (χ0) is 18.5. The molecular weight excluding hydrogens is 354 g/mol. The van der Waals surface area contributed by atoms with E-state index in [-0.39, 0.29) is 10.8 Å². The summed E-state index contributed by atoms with van der Waals surface area (Å²) in [4.78, 5) is 12.5. The van der Waals surface area contributed by atoms with Gasteiger partial charge >= 0.3 is 0 Å². The number of carbonyl (C=O) groups excluding carboxylic acids is 1. The minimum absolute atomic E-state index is 0.234.